The first-order chi connectivity index (χ1) is 19.8. The van der Waals surface area contributed by atoms with E-state index in [1.54, 1.807) is 43.3 Å². The number of hydrogen-bond donors (Lipinski definition) is 2. The highest BCUT2D eigenvalue weighted by Crippen LogP contribution is 2.45. The normalized spacial score (nSPS) is 16.3. The number of carbonyl (C=O) groups excluding carboxylic acids is 2. The van der Waals surface area contributed by atoms with Gasteiger partial charge in [0.05, 0.1) is 25.3 Å². The van der Waals surface area contributed by atoms with E-state index >= 15 is 0 Å². The van der Waals surface area contributed by atoms with E-state index in [2.05, 4.69) is 10.2 Å². The van der Waals surface area contributed by atoms with E-state index in [1.165, 1.54) is 46.7 Å². The van der Waals surface area contributed by atoms with Crippen molar-refractivity contribution in [1.29, 1.82) is 0 Å². The number of aliphatic hydroxyl groups excluding tert-OH is 1. The zero-order valence-corrected chi connectivity index (χ0v) is 24.2. The molecule has 3 aromatic carbocycles. The highest BCUT2D eigenvalue weighted by molar-refractivity contribution is 8.00. The van der Waals surface area contributed by atoms with Crippen LogP contribution in [0.2, 0.25) is 0 Å². The summed E-state index contributed by atoms with van der Waals surface area (Å²) >= 11 is 2.65. The first kappa shape index (κ1) is 28.2. The van der Waals surface area contributed by atoms with Crippen LogP contribution < -0.4 is 14.4 Å². The molecule has 0 spiro atoms. The number of aromatic nitrogens is 2. The smallest absolute Gasteiger partial charge is 0.301 e. The molecule has 0 saturated carbocycles. The molecular formula is C30H27N3O6S2. The maximum atomic E-state index is 13.5. The molecule has 1 fully saturated rings. The van der Waals surface area contributed by atoms with Crippen molar-refractivity contribution in [1.82, 2.24) is 10.2 Å². The molecule has 1 saturated heterocycles. The fourth-order valence-electron chi connectivity index (χ4n) is 4.41. The van der Waals surface area contributed by atoms with Crippen molar-refractivity contribution in [2.24, 2.45) is 0 Å². The third-order valence-electron chi connectivity index (χ3n) is 6.49. The van der Waals surface area contributed by atoms with Crippen molar-refractivity contribution in [3.05, 3.63) is 94.6 Å². The number of hydrogen-bond acceptors (Lipinski definition) is 10. The number of methoxy groups -OCH3 is 1. The SMILES string of the molecule is CCOc1cc(C2/C(=C(/O)c3ccc(OC)cc3)C(=O)C(=O)N2c2nnc(SCc3ccc(C)cc3)s2)ccc1O. The molecule has 4 aromatic rings. The number of carbonyl (C=O) groups is 2. The Hall–Kier alpha value is -4.35. The molecule has 2 heterocycles. The van der Waals surface area contributed by atoms with Crippen molar-refractivity contribution >= 4 is 45.7 Å². The van der Waals surface area contributed by atoms with Gasteiger partial charge in [0.15, 0.2) is 15.8 Å². The van der Waals surface area contributed by atoms with Crippen LogP contribution in [0.25, 0.3) is 5.76 Å². The number of amides is 1. The molecule has 1 amide bonds. The van der Waals surface area contributed by atoms with Crippen LogP contribution in [0.4, 0.5) is 5.13 Å². The molecule has 1 aromatic heterocycles. The molecule has 1 unspecified atom stereocenters. The lowest BCUT2D eigenvalue weighted by Gasteiger charge is -2.23. The van der Waals surface area contributed by atoms with Crippen molar-refractivity contribution in [2.75, 3.05) is 18.6 Å². The van der Waals surface area contributed by atoms with Gasteiger partial charge < -0.3 is 19.7 Å². The number of ketones is 1. The Labute approximate surface area is 245 Å². The fraction of sp³-hybridized carbons (Fsp3) is 0.200. The second-order valence-corrected chi connectivity index (χ2v) is 11.4. The summed E-state index contributed by atoms with van der Waals surface area (Å²) in [5.41, 5.74) is 2.96. The Balaban J connectivity index is 1.56. The Morgan fingerprint density at radius 3 is 2.46 bits per heavy atom. The Kier molecular flexibility index (Phi) is 8.27. The predicted molar refractivity (Wildman–Crippen MR) is 158 cm³/mol. The number of phenolic OH excluding ortho intramolecular Hbond substituents is 1. The van der Waals surface area contributed by atoms with Gasteiger partial charge in [-0.2, -0.15) is 0 Å². The lowest BCUT2D eigenvalue weighted by atomic mass is 9.95. The van der Waals surface area contributed by atoms with Gasteiger partial charge in [-0.15, -0.1) is 10.2 Å². The van der Waals surface area contributed by atoms with Crippen molar-refractivity contribution < 1.29 is 29.3 Å². The number of anilines is 1. The molecule has 1 aliphatic heterocycles. The molecule has 11 heteroatoms. The standard InChI is InChI=1S/C30H27N3O6S2/c1-4-39-23-15-20(11-14-22(23)34)25-24(26(35)19-9-12-21(38-3)13-10-19)27(36)28(37)33(25)29-31-32-30(41-29)40-16-18-7-5-17(2)6-8-18/h5-15,25,34-35H,4,16H2,1-3H3/b26-24-. The van der Waals surface area contributed by atoms with Crippen LogP contribution >= 0.6 is 23.1 Å². The summed E-state index contributed by atoms with van der Waals surface area (Å²) in [5.74, 6) is -0.726. The van der Waals surface area contributed by atoms with Gasteiger partial charge in [-0.3, -0.25) is 14.5 Å². The van der Waals surface area contributed by atoms with E-state index < -0.39 is 17.7 Å². The number of aliphatic hydroxyl groups is 1. The molecule has 2 N–H and O–H groups in total. The number of aromatic hydroxyl groups is 1. The molecule has 1 aliphatic rings. The first-order valence-electron chi connectivity index (χ1n) is 12.7. The highest BCUT2D eigenvalue weighted by atomic mass is 32.2. The van der Waals surface area contributed by atoms with Gasteiger partial charge >= 0.3 is 5.91 Å². The minimum absolute atomic E-state index is 0.0894. The van der Waals surface area contributed by atoms with E-state index in [-0.39, 0.29) is 28.0 Å². The number of Topliss-reactive ketones (excluding diaryl/α,β-unsaturated/α-hetero) is 1. The average Bonchev–Trinajstić information content (AvgIpc) is 3.55. The summed E-state index contributed by atoms with van der Waals surface area (Å²) in [6.07, 6.45) is 0. The second-order valence-electron chi connectivity index (χ2n) is 9.18. The van der Waals surface area contributed by atoms with E-state index in [1.807, 2.05) is 31.2 Å². The molecule has 0 aliphatic carbocycles. The summed E-state index contributed by atoms with van der Waals surface area (Å²) in [7, 11) is 1.52. The van der Waals surface area contributed by atoms with Crippen molar-refractivity contribution in [3.8, 4) is 17.2 Å². The summed E-state index contributed by atoms with van der Waals surface area (Å²) in [5, 5.41) is 30.4. The number of phenols is 1. The summed E-state index contributed by atoms with van der Waals surface area (Å²) in [4.78, 5) is 28.2. The number of thioether (sulfide) groups is 1. The molecule has 1 atom stereocenters. The molecule has 41 heavy (non-hydrogen) atoms. The largest absolute Gasteiger partial charge is 0.507 e. The van der Waals surface area contributed by atoms with E-state index in [9.17, 15) is 19.8 Å². The van der Waals surface area contributed by atoms with Crippen molar-refractivity contribution in [3.63, 3.8) is 0 Å². The number of nitrogens with zero attached hydrogens (tertiary/aromatic N) is 3. The number of ether oxygens (including phenoxy) is 2. The fourth-order valence-corrected chi connectivity index (χ4v) is 6.23. The summed E-state index contributed by atoms with van der Waals surface area (Å²) < 4.78 is 11.4. The zero-order valence-electron chi connectivity index (χ0n) is 22.5. The van der Waals surface area contributed by atoms with E-state index in [0.717, 1.165) is 5.56 Å². The second kappa shape index (κ2) is 12.0. The maximum absolute atomic E-state index is 13.5. The highest BCUT2D eigenvalue weighted by Gasteiger charge is 2.48. The molecule has 9 nitrogen and oxygen atoms in total. The van der Waals surface area contributed by atoms with E-state index in [0.29, 0.717) is 33.6 Å². The zero-order chi connectivity index (χ0) is 29.1. The third kappa shape index (κ3) is 5.77. The number of aryl methyl sites for hydroxylation is 1. The minimum Gasteiger partial charge on any atom is -0.507 e. The molecule has 0 radical (unpaired) electrons. The molecule has 5 rings (SSSR count). The quantitative estimate of drug-likeness (QED) is 0.0810. The van der Waals surface area contributed by atoms with Crippen LogP contribution in [0.5, 0.6) is 17.2 Å². The van der Waals surface area contributed by atoms with Crippen LogP contribution in [0.1, 0.15) is 35.2 Å². The topological polar surface area (TPSA) is 122 Å². The van der Waals surface area contributed by atoms with Crippen LogP contribution in [-0.2, 0) is 15.3 Å². The number of benzene rings is 3. The maximum Gasteiger partial charge on any atom is 0.301 e. The first-order valence-corrected chi connectivity index (χ1v) is 14.5. The Morgan fingerprint density at radius 1 is 1.05 bits per heavy atom. The lowest BCUT2D eigenvalue weighted by Crippen LogP contribution is -2.29. The predicted octanol–water partition coefficient (Wildman–Crippen LogP) is 5.88. The third-order valence-corrected chi connectivity index (χ3v) is 8.62. The minimum atomic E-state index is -1.04. The van der Waals surface area contributed by atoms with Gasteiger partial charge in [-0.25, -0.2) is 0 Å². The summed E-state index contributed by atoms with van der Waals surface area (Å²) in [6, 6.07) is 18.2. The Bertz CT molecular complexity index is 1620. The molecule has 210 valence electrons. The van der Waals surface area contributed by atoms with Gasteiger partial charge in [0.1, 0.15) is 11.5 Å². The molecule has 0 bridgehead atoms. The van der Waals surface area contributed by atoms with Crippen molar-refractivity contribution in [2.45, 2.75) is 30.0 Å². The summed E-state index contributed by atoms with van der Waals surface area (Å²) in [6.45, 7) is 4.10. The van der Waals surface area contributed by atoms with Gasteiger partial charge in [0, 0.05) is 11.3 Å². The monoisotopic (exact) mass is 589 g/mol. The van der Waals surface area contributed by atoms with Crippen LogP contribution in [0.3, 0.4) is 0 Å². The molecular weight excluding hydrogens is 562 g/mol. The van der Waals surface area contributed by atoms with Gasteiger partial charge in [-0.1, -0.05) is 59.0 Å². The van der Waals surface area contributed by atoms with Gasteiger partial charge in [0.2, 0.25) is 5.13 Å². The van der Waals surface area contributed by atoms with Gasteiger partial charge in [0.25, 0.3) is 5.78 Å². The Morgan fingerprint density at radius 2 is 1.78 bits per heavy atom. The van der Waals surface area contributed by atoms with Crippen LogP contribution in [-0.4, -0.2) is 45.8 Å². The average molecular weight is 590 g/mol. The lowest BCUT2D eigenvalue weighted by molar-refractivity contribution is -0.132. The van der Waals surface area contributed by atoms with Gasteiger partial charge in [-0.05, 0) is 61.4 Å². The number of rotatable bonds is 9. The van der Waals surface area contributed by atoms with Crippen LogP contribution in [0.15, 0.2) is 76.6 Å². The van der Waals surface area contributed by atoms with Crippen LogP contribution in [0, 0.1) is 6.92 Å². The van der Waals surface area contributed by atoms with E-state index in [4.69, 9.17) is 9.47 Å².